The average Bonchev–Trinajstić information content (AvgIpc) is 3.06. The van der Waals surface area contributed by atoms with Gasteiger partial charge >= 0.3 is 0 Å². The zero-order chi connectivity index (χ0) is 21.7. The Labute approximate surface area is 192 Å². The summed E-state index contributed by atoms with van der Waals surface area (Å²) < 4.78 is 11.3. The number of rotatable bonds is 7. The van der Waals surface area contributed by atoms with Crippen LogP contribution in [0.5, 0.6) is 5.75 Å². The Balaban J connectivity index is 1.74. The summed E-state index contributed by atoms with van der Waals surface area (Å²) >= 11 is 10.2. The fraction of sp³-hybridized carbons (Fsp3) is 0.350. The van der Waals surface area contributed by atoms with Crippen molar-refractivity contribution in [2.75, 3.05) is 25.6 Å². The van der Waals surface area contributed by atoms with Crippen molar-refractivity contribution >= 4 is 61.4 Å². The van der Waals surface area contributed by atoms with Crippen LogP contribution in [-0.2, 0) is 17.6 Å². The van der Waals surface area contributed by atoms with Crippen molar-refractivity contribution in [1.29, 1.82) is 0 Å². The van der Waals surface area contributed by atoms with Gasteiger partial charge in [-0.3, -0.25) is 14.9 Å². The van der Waals surface area contributed by atoms with E-state index in [0.717, 1.165) is 40.6 Å². The molecule has 0 bridgehead atoms. The number of nitrogens with two attached hydrogens (primary N) is 1. The summed E-state index contributed by atoms with van der Waals surface area (Å²) in [5.74, 6) is -0.505. The van der Waals surface area contributed by atoms with Gasteiger partial charge in [-0.15, -0.1) is 11.3 Å². The molecule has 1 aliphatic carbocycles. The highest BCUT2D eigenvalue weighted by Crippen LogP contribution is 2.37. The standard InChI is InChI=1S/C20H22BrN3O4S2/c1-27-8-9-28-14-7-6-11(21)10-13(14)18(26)23-20(29)24-19-16(17(22)25)12-4-2-3-5-15(12)30-19/h6-7,10H,2-5,8-9H2,1H3,(H2,22,25)(H2,23,24,26,29). The maximum atomic E-state index is 12.8. The Hall–Kier alpha value is -2.01. The van der Waals surface area contributed by atoms with Gasteiger partial charge in [0, 0.05) is 16.5 Å². The summed E-state index contributed by atoms with van der Waals surface area (Å²) in [4.78, 5) is 26.0. The second-order valence-electron chi connectivity index (χ2n) is 6.67. The third-order valence-corrected chi connectivity index (χ3v) is 6.51. The number of carbonyl (C=O) groups is 2. The van der Waals surface area contributed by atoms with Crippen molar-refractivity contribution in [3.8, 4) is 5.75 Å². The minimum atomic E-state index is -0.494. The molecule has 0 radical (unpaired) electrons. The van der Waals surface area contributed by atoms with Crippen LogP contribution >= 0.6 is 39.5 Å². The number of primary amides is 1. The van der Waals surface area contributed by atoms with Crippen molar-refractivity contribution in [2.24, 2.45) is 5.73 Å². The molecule has 4 N–H and O–H groups in total. The van der Waals surface area contributed by atoms with Gasteiger partial charge in [-0.25, -0.2) is 0 Å². The number of aryl methyl sites for hydroxylation is 1. The van der Waals surface area contributed by atoms with Gasteiger partial charge in [-0.1, -0.05) is 15.9 Å². The molecule has 160 valence electrons. The molecule has 0 aliphatic heterocycles. The summed E-state index contributed by atoms with van der Waals surface area (Å²) in [5.41, 5.74) is 7.40. The number of anilines is 1. The molecule has 10 heteroatoms. The van der Waals surface area contributed by atoms with E-state index in [4.69, 9.17) is 27.4 Å². The second-order valence-corrected chi connectivity index (χ2v) is 9.10. The van der Waals surface area contributed by atoms with Crippen LogP contribution in [0.25, 0.3) is 0 Å². The highest BCUT2D eigenvalue weighted by atomic mass is 79.9. The molecule has 1 aromatic carbocycles. The van der Waals surface area contributed by atoms with E-state index in [0.29, 0.717) is 35.1 Å². The Kier molecular flexibility index (Phi) is 7.81. The first kappa shape index (κ1) is 22.7. The van der Waals surface area contributed by atoms with Gasteiger partial charge in [0.1, 0.15) is 17.4 Å². The van der Waals surface area contributed by atoms with Crippen LogP contribution in [-0.4, -0.2) is 37.3 Å². The number of amides is 2. The Morgan fingerprint density at radius 1 is 1.27 bits per heavy atom. The molecule has 0 fully saturated rings. The zero-order valence-corrected chi connectivity index (χ0v) is 19.6. The van der Waals surface area contributed by atoms with Gasteiger partial charge in [0.2, 0.25) is 0 Å². The van der Waals surface area contributed by atoms with E-state index in [1.807, 2.05) is 0 Å². The van der Waals surface area contributed by atoms with Crippen LogP contribution in [0.3, 0.4) is 0 Å². The number of thiocarbonyl (C=S) groups is 1. The molecule has 1 heterocycles. The topological polar surface area (TPSA) is 103 Å². The third-order valence-electron chi connectivity index (χ3n) is 4.60. The predicted molar refractivity (Wildman–Crippen MR) is 125 cm³/mol. The Morgan fingerprint density at radius 3 is 2.77 bits per heavy atom. The van der Waals surface area contributed by atoms with Gasteiger partial charge in [-0.2, -0.15) is 0 Å². The number of carbonyl (C=O) groups excluding carboxylic acids is 2. The molecule has 0 saturated carbocycles. The number of fused-ring (bicyclic) bond motifs is 1. The summed E-state index contributed by atoms with van der Waals surface area (Å²) in [6.07, 6.45) is 3.85. The van der Waals surface area contributed by atoms with Gasteiger partial charge in [0.25, 0.3) is 11.8 Å². The maximum Gasteiger partial charge on any atom is 0.261 e. The molecule has 1 aromatic heterocycles. The number of hydrogen-bond donors (Lipinski definition) is 3. The third kappa shape index (κ3) is 5.37. The number of hydrogen-bond acceptors (Lipinski definition) is 6. The molecular formula is C20H22BrN3O4S2. The van der Waals surface area contributed by atoms with Crippen molar-refractivity contribution in [2.45, 2.75) is 25.7 Å². The lowest BCUT2D eigenvalue weighted by Crippen LogP contribution is -2.34. The van der Waals surface area contributed by atoms with E-state index in [2.05, 4.69) is 26.6 Å². The Bertz CT molecular complexity index is 977. The quantitative estimate of drug-likeness (QED) is 0.387. The first-order valence-electron chi connectivity index (χ1n) is 9.38. The zero-order valence-electron chi connectivity index (χ0n) is 16.4. The maximum absolute atomic E-state index is 12.8. The van der Waals surface area contributed by atoms with Gasteiger partial charge in [0.05, 0.1) is 17.7 Å². The van der Waals surface area contributed by atoms with Gasteiger partial charge < -0.3 is 20.5 Å². The molecule has 2 amide bonds. The number of halogens is 1. The van der Waals surface area contributed by atoms with E-state index < -0.39 is 11.8 Å². The summed E-state index contributed by atoms with van der Waals surface area (Å²) in [6.45, 7) is 0.708. The largest absolute Gasteiger partial charge is 0.490 e. The number of thiophene rings is 1. The van der Waals surface area contributed by atoms with E-state index >= 15 is 0 Å². The number of benzene rings is 1. The van der Waals surface area contributed by atoms with Crippen LogP contribution in [0.15, 0.2) is 22.7 Å². The normalized spacial score (nSPS) is 12.7. The van der Waals surface area contributed by atoms with E-state index in [9.17, 15) is 9.59 Å². The fourth-order valence-electron chi connectivity index (χ4n) is 3.26. The van der Waals surface area contributed by atoms with Crippen LogP contribution in [0.4, 0.5) is 5.00 Å². The van der Waals surface area contributed by atoms with Crippen LogP contribution in [0.1, 0.15) is 44.0 Å². The first-order valence-corrected chi connectivity index (χ1v) is 11.4. The average molecular weight is 512 g/mol. The number of nitrogens with one attached hydrogen (secondary N) is 2. The highest BCUT2D eigenvalue weighted by Gasteiger charge is 2.25. The lowest BCUT2D eigenvalue weighted by molar-refractivity contribution is 0.0968. The Morgan fingerprint density at radius 2 is 2.03 bits per heavy atom. The van der Waals surface area contributed by atoms with E-state index in [1.54, 1.807) is 25.3 Å². The molecule has 30 heavy (non-hydrogen) atoms. The second kappa shape index (κ2) is 10.3. The van der Waals surface area contributed by atoms with Gasteiger partial charge in [-0.05, 0) is 61.7 Å². The summed E-state index contributed by atoms with van der Waals surface area (Å²) in [7, 11) is 1.57. The molecule has 1 aliphatic rings. The first-order chi connectivity index (χ1) is 14.4. The van der Waals surface area contributed by atoms with Crippen molar-refractivity contribution < 1.29 is 19.1 Å². The summed E-state index contributed by atoms with van der Waals surface area (Å²) in [5, 5.41) is 6.30. The monoisotopic (exact) mass is 511 g/mol. The molecular weight excluding hydrogens is 490 g/mol. The lowest BCUT2D eigenvalue weighted by atomic mass is 9.95. The summed E-state index contributed by atoms with van der Waals surface area (Å²) in [6, 6.07) is 5.13. The van der Waals surface area contributed by atoms with Gasteiger partial charge in [0.15, 0.2) is 5.11 Å². The van der Waals surface area contributed by atoms with Crippen LogP contribution in [0.2, 0.25) is 0 Å². The molecule has 7 nitrogen and oxygen atoms in total. The van der Waals surface area contributed by atoms with Crippen LogP contribution < -0.4 is 21.1 Å². The molecule has 0 spiro atoms. The van der Waals surface area contributed by atoms with Crippen molar-refractivity contribution in [1.82, 2.24) is 5.32 Å². The van der Waals surface area contributed by atoms with Crippen molar-refractivity contribution in [3.05, 3.63) is 44.2 Å². The van der Waals surface area contributed by atoms with E-state index in [1.165, 1.54) is 11.3 Å². The SMILES string of the molecule is COCCOc1ccc(Br)cc1C(=O)NC(=S)Nc1sc2c(c1C(N)=O)CCCC2. The number of methoxy groups -OCH3 is 1. The minimum absolute atomic E-state index is 0.0870. The predicted octanol–water partition coefficient (Wildman–Crippen LogP) is 3.64. The minimum Gasteiger partial charge on any atom is -0.490 e. The molecule has 0 saturated heterocycles. The lowest BCUT2D eigenvalue weighted by Gasteiger charge is -2.13. The molecule has 2 aromatic rings. The molecule has 0 atom stereocenters. The molecule has 0 unspecified atom stereocenters. The van der Waals surface area contributed by atoms with Crippen molar-refractivity contribution in [3.63, 3.8) is 0 Å². The number of ether oxygens (including phenoxy) is 2. The smallest absolute Gasteiger partial charge is 0.261 e. The fourth-order valence-corrected chi connectivity index (χ4v) is 5.18. The molecule has 3 rings (SSSR count). The van der Waals surface area contributed by atoms with E-state index in [-0.39, 0.29) is 5.11 Å². The highest BCUT2D eigenvalue weighted by molar-refractivity contribution is 9.10. The van der Waals surface area contributed by atoms with Crippen LogP contribution in [0, 0.1) is 0 Å².